The third-order valence-electron chi connectivity index (χ3n) is 3.82. The molecule has 0 saturated heterocycles. The lowest BCUT2D eigenvalue weighted by Gasteiger charge is -2.13. The lowest BCUT2D eigenvalue weighted by molar-refractivity contribution is 0.168. The molecule has 1 unspecified atom stereocenters. The second-order valence-corrected chi connectivity index (χ2v) is 5.33. The summed E-state index contributed by atoms with van der Waals surface area (Å²) in [5.74, 6) is 0. The normalized spacial score (nSPS) is 12.4. The molecule has 2 aromatic carbocycles. The fourth-order valence-electron chi connectivity index (χ4n) is 2.42. The van der Waals surface area contributed by atoms with Crippen molar-refractivity contribution in [3.05, 3.63) is 70.3 Å². The predicted molar refractivity (Wildman–Crippen MR) is 80.4 cm³/mol. The first kappa shape index (κ1) is 13.8. The monoisotopic (exact) mass is 254 g/mol. The molecule has 19 heavy (non-hydrogen) atoms. The molecule has 0 aliphatic rings. The maximum absolute atomic E-state index is 10.2. The molecule has 1 N–H and O–H groups in total. The highest BCUT2D eigenvalue weighted by Crippen LogP contribution is 2.22. The molecule has 0 aromatic heterocycles. The van der Waals surface area contributed by atoms with Gasteiger partial charge in [-0.3, -0.25) is 0 Å². The smallest absolute Gasteiger partial charge is 0.0793 e. The van der Waals surface area contributed by atoms with E-state index in [-0.39, 0.29) is 6.10 Å². The lowest BCUT2D eigenvalue weighted by atomic mass is 9.95. The number of hydrogen-bond donors (Lipinski definition) is 1. The van der Waals surface area contributed by atoms with Gasteiger partial charge in [0.1, 0.15) is 0 Å². The van der Waals surface area contributed by atoms with Crippen molar-refractivity contribution >= 4 is 0 Å². The second kappa shape index (κ2) is 6.03. The first-order chi connectivity index (χ1) is 9.08. The van der Waals surface area contributed by atoms with Crippen molar-refractivity contribution in [3.63, 3.8) is 0 Å². The van der Waals surface area contributed by atoms with Gasteiger partial charge < -0.3 is 5.11 Å². The van der Waals surface area contributed by atoms with Gasteiger partial charge in [0.2, 0.25) is 0 Å². The summed E-state index contributed by atoms with van der Waals surface area (Å²) in [7, 11) is 0. The van der Waals surface area contributed by atoms with E-state index in [0.717, 1.165) is 18.4 Å². The molecule has 0 aliphatic heterocycles. The molecular weight excluding hydrogens is 232 g/mol. The Labute approximate surface area is 115 Å². The van der Waals surface area contributed by atoms with Crippen molar-refractivity contribution in [1.82, 2.24) is 0 Å². The summed E-state index contributed by atoms with van der Waals surface area (Å²) in [4.78, 5) is 0. The number of aliphatic hydroxyl groups excluding tert-OH is 1. The zero-order valence-corrected chi connectivity index (χ0v) is 12.0. The van der Waals surface area contributed by atoms with E-state index < -0.39 is 0 Å². The van der Waals surface area contributed by atoms with Crippen LogP contribution < -0.4 is 0 Å². The molecule has 0 spiro atoms. The Bertz CT molecular complexity index is 543. The molecule has 0 heterocycles. The molecule has 0 bridgehead atoms. The number of rotatable bonds is 4. The van der Waals surface area contributed by atoms with Crippen LogP contribution >= 0.6 is 0 Å². The number of benzene rings is 2. The molecule has 100 valence electrons. The Morgan fingerprint density at radius 1 is 0.895 bits per heavy atom. The van der Waals surface area contributed by atoms with Gasteiger partial charge in [-0.1, -0.05) is 42.5 Å². The van der Waals surface area contributed by atoms with Crippen molar-refractivity contribution in [3.8, 4) is 0 Å². The predicted octanol–water partition coefficient (Wildman–Crippen LogP) is 4.28. The summed E-state index contributed by atoms with van der Waals surface area (Å²) in [6.45, 7) is 6.44. The molecule has 1 heteroatoms. The number of aryl methyl sites for hydroxylation is 4. The van der Waals surface area contributed by atoms with Crippen LogP contribution in [0.2, 0.25) is 0 Å². The van der Waals surface area contributed by atoms with Crippen LogP contribution in [0.4, 0.5) is 0 Å². The highest BCUT2D eigenvalue weighted by atomic mass is 16.3. The Morgan fingerprint density at radius 3 is 2.21 bits per heavy atom. The largest absolute Gasteiger partial charge is 0.388 e. The first-order valence-corrected chi connectivity index (χ1v) is 6.87. The Hall–Kier alpha value is -1.60. The lowest BCUT2D eigenvalue weighted by Crippen LogP contribution is -2.01. The van der Waals surface area contributed by atoms with Crippen LogP contribution in [-0.2, 0) is 6.42 Å². The maximum atomic E-state index is 10.2. The van der Waals surface area contributed by atoms with E-state index in [1.54, 1.807) is 0 Å². The fraction of sp³-hybridized carbons (Fsp3) is 0.333. The van der Waals surface area contributed by atoms with Crippen LogP contribution in [-0.4, -0.2) is 5.11 Å². The average Bonchev–Trinajstić information content (AvgIpc) is 2.42. The number of hydrogen-bond acceptors (Lipinski definition) is 1. The SMILES string of the molecule is Cc1cc(C)c(CCC(O)c2ccccc2)cc1C. The Morgan fingerprint density at radius 2 is 1.53 bits per heavy atom. The van der Waals surface area contributed by atoms with Gasteiger partial charge in [0.25, 0.3) is 0 Å². The standard InChI is InChI=1S/C18H22O/c1-13-11-15(3)17(12-14(13)2)9-10-18(19)16-7-5-4-6-8-16/h4-8,11-12,18-19H,9-10H2,1-3H3. The summed E-state index contributed by atoms with van der Waals surface area (Å²) >= 11 is 0. The summed E-state index contributed by atoms with van der Waals surface area (Å²) in [5.41, 5.74) is 6.34. The van der Waals surface area contributed by atoms with Crippen LogP contribution in [0.3, 0.4) is 0 Å². The maximum Gasteiger partial charge on any atom is 0.0793 e. The summed E-state index contributed by atoms with van der Waals surface area (Å²) in [6.07, 6.45) is 1.32. The molecule has 2 aromatic rings. The molecular formula is C18H22O. The first-order valence-electron chi connectivity index (χ1n) is 6.87. The zero-order valence-electron chi connectivity index (χ0n) is 12.0. The van der Waals surface area contributed by atoms with Crippen molar-refractivity contribution in [2.24, 2.45) is 0 Å². The number of aliphatic hydroxyl groups is 1. The minimum atomic E-state index is -0.373. The third kappa shape index (κ3) is 3.45. The van der Waals surface area contributed by atoms with Gasteiger partial charge in [0.05, 0.1) is 6.10 Å². The molecule has 1 nitrogen and oxygen atoms in total. The van der Waals surface area contributed by atoms with Crippen LogP contribution in [0, 0.1) is 20.8 Å². The average molecular weight is 254 g/mol. The molecule has 0 radical (unpaired) electrons. The van der Waals surface area contributed by atoms with Crippen LogP contribution in [0.5, 0.6) is 0 Å². The van der Waals surface area contributed by atoms with Crippen molar-refractivity contribution < 1.29 is 5.11 Å². The van der Waals surface area contributed by atoms with E-state index in [4.69, 9.17) is 0 Å². The Kier molecular flexibility index (Phi) is 4.39. The minimum absolute atomic E-state index is 0.373. The van der Waals surface area contributed by atoms with E-state index in [0.29, 0.717) is 0 Å². The van der Waals surface area contributed by atoms with Crippen molar-refractivity contribution in [2.45, 2.75) is 39.7 Å². The van der Waals surface area contributed by atoms with Crippen LogP contribution in [0.15, 0.2) is 42.5 Å². The van der Waals surface area contributed by atoms with E-state index in [1.165, 1.54) is 22.3 Å². The minimum Gasteiger partial charge on any atom is -0.388 e. The summed E-state index contributed by atoms with van der Waals surface area (Å²) in [5, 5.41) is 10.2. The Balaban J connectivity index is 2.05. The highest BCUT2D eigenvalue weighted by Gasteiger charge is 2.09. The van der Waals surface area contributed by atoms with E-state index >= 15 is 0 Å². The van der Waals surface area contributed by atoms with Gasteiger partial charge >= 0.3 is 0 Å². The summed E-state index contributed by atoms with van der Waals surface area (Å²) in [6, 6.07) is 14.4. The highest BCUT2D eigenvalue weighted by molar-refractivity contribution is 5.36. The van der Waals surface area contributed by atoms with Crippen LogP contribution in [0.25, 0.3) is 0 Å². The van der Waals surface area contributed by atoms with E-state index in [1.807, 2.05) is 30.3 Å². The topological polar surface area (TPSA) is 20.2 Å². The van der Waals surface area contributed by atoms with E-state index in [9.17, 15) is 5.11 Å². The van der Waals surface area contributed by atoms with Gasteiger partial charge in [-0.15, -0.1) is 0 Å². The van der Waals surface area contributed by atoms with Gasteiger partial charge in [0, 0.05) is 0 Å². The molecule has 1 atom stereocenters. The molecule has 0 fully saturated rings. The van der Waals surface area contributed by atoms with Gasteiger partial charge in [-0.25, -0.2) is 0 Å². The second-order valence-electron chi connectivity index (χ2n) is 5.33. The molecule has 0 saturated carbocycles. The van der Waals surface area contributed by atoms with Crippen molar-refractivity contribution in [2.75, 3.05) is 0 Å². The van der Waals surface area contributed by atoms with Crippen molar-refractivity contribution in [1.29, 1.82) is 0 Å². The quantitative estimate of drug-likeness (QED) is 0.863. The van der Waals surface area contributed by atoms with Gasteiger partial charge in [-0.05, 0) is 61.4 Å². The fourth-order valence-corrected chi connectivity index (χ4v) is 2.42. The van der Waals surface area contributed by atoms with Crippen LogP contribution in [0.1, 0.15) is 40.3 Å². The molecule has 0 amide bonds. The summed E-state index contributed by atoms with van der Waals surface area (Å²) < 4.78 is 0. The molecule has 2 rings (SSSR count). The third-order valence-corrected chi connectivity index (χ3v) is 3.82. The van der Waals surface area contributed by atoms with Gasteiger partial charge in [-0.2, -0.15) is 0 Å². The molecule has 0 aliphatic carbocycles. The van der Waals surface area contributed by atoms with Gasteiger partial charge in [0.15, 0.2) is 0 Å². The zero-order chi connectivity index (χ0) is 13.8. The van der Waals surface area contributed by atoms with E-state index in [2.05, 4.69) is 32.9 Å².